The summed E-state index contributed by atoms with van der Waals surface area (Å²) in [4.78, 5) is 15.9. The normalized spacial score (nSPS) is 10.7. The molecule has 0 aromatic heterocycles. The first-order valence-corrected chi connectivity index (χ1v) is 7.07. The molecule has 0 bridgehead atoms. The summed E-state index contributed by atoms with van der Waals surface area (Å²) in [5.74, 6) is 0.189. The average molecular weight is 313 g/mol. The van der Waals surface area contributed by atoms with Crippen molar-refractivity contribution < 1.29 is 4.79 Å². The molecule has 0 aliphatic rings. The van der Waals surface area contributed by atoms with E-state index in [2.05, 4.69) is 22.0 Å². The Morgan fingerprint density at radius 2 is 1.83 bits per heavy atom. The van der Waals surface area contributed by atoms with Crippen LogP contribution in [0.15, 0.2) is 28.7 Å². The fraction of sp³-hybridized carbons (Fsp3) is 0.500. The van der Waals surface area contributed by atoms with Gasteiger partial charge < -0.3 is 4.90 Å². The van der Waals surface area contributed by atoms with E-state index >= 15 is 0 Å². The zero-order valence-electron chi connectivity index (χ0n) is 11.3. The van der Waals surface area contributed by atoms with Crippen molar-refractivity contribution in [2.75, 3.05) is 26.7 Å². The molecule has 18 heavy (non-hydrogen) atoms. The average Bonchev–Trinajstić information content (AvgIpc) is 2.33. The van der Waals surface area contributed by atoms with Gasteiger partial charge in [0.15, 0.2) is 0 Å². The summed E-state index contributed by atoms with van der Waals surface area (Å²) >= 11 is 3.53. The number of hydrogen-bond acceptors (Lipinski definition) is 2. The van der Waals surface area contributed by atoms with Crippen LogP contribution in [0.4, 0.5) is 0 Å². The predicted molar refractivity (Wildman–Crippen MR) is 78.4 cm³/mol. The van der Waals surface area contributed by atoms with Gasteiger partial charge in [-0.1, -0.05) is 34.1 Å². The molecule has 0 heterocycles. The first-order chi connectivity index (χ1) is 8.58. The first-order valence-electron chi connectivity index (χ1n) is 6.28. The van der Waals surface area contributed by atoms with Crippen molar-refractivity contribution in [3.05, 3.63) is 34.3 Å². The number of likely N-dealkylation sites (N-methyl/N-ethyl adjacent to an activating group) is 2. The molecule has 0 saturated heterocycles. The van der Waals surface area contributed by atoms with Gasteiger partial charge >= 0.3 is 0 Å². The minimum atomic E-state index is 0.189. The highest BCUT2D eigenvalue weighted by Gasteiger charge is 2.13. The van der Waals surface area contributed by atoms with Crippen LogP contribution >= 0.6 is 15.9 Å². The number of carbonyl (C=O) groups is 1. The van der Waals surface area contributed by atoms with Crippen molar-refractivity contribution in [1.82, 2.24) is 9.80 Å². The van der Waals surface area contributed by atoms with Gasteiger partial charge in [-0.3, -0.25) is 9.69 Å². The topological polar surface area (TPSA) is 23.6 Å². The van der Waals surface area contributed by atoms with Gasteiger partial charge in [-0.15, -0.1) is 0 Å². The predicted octanol–water partition coefficient (Wildman–Crippen LogP) is 2.75. The Labute approximate surface area is 118 Å². The van der Waals surface area contributed by atoms with Crippen LogP contribution in [0.25, 0.3) is 0 Å². The minimum absolute atomic E-state index is 0.189. The van der Waals surface area contributed by atoms with E-state index < -0.39 is 0 Å². The number of hydrogen-bond donors (Lipinski definition) is 0. The molecule has 0 fully saturated rings. The molecular formula is C14H21BrN2O. The molecule has 1 aromatic rings. The third kappa shape index (κ3) is 4.42. The van der Waals surface area contributed by atoms with Crippen LogP contribution < -0.4 is 0 Å². The Morgan fingerprint density at radius 3 is 2.39 bits per heavy atom. The molecule has 3 nitrogen and oxygen atoms in total. The number of nitrogens with zero attached hydrogens (tertiary/aromatic N) is 2. The van der Waals surface area contributed by atoms with Crippen molar-refractivity contribution in [3.8, 4) is 0 Å². The Morgan fingerprint density at radius 1 is 1.22 bits per heavy atom. The number of benzene rings is 1. The number of amides is 1. The largest absolute Gasteiger partial charge is 0.342 e. The summed E-state index contributed by atoms with van der Waals surface area (Å²) in [5.41, 5.74) is 1.20. The quantitative estimate of drug-likeness (QED) is 0.806. The molecule has 0 saturated carbocycles. The standard InChI is InChI=1S/C14H21BrN2O/c1-4-17(5-2)14(18)11-16(3)10-12-8-6-7-9-13(12)15/h6-9H,4-5,10-11H2,1-3H3. The Hall–Kier alpha value is -0.870. The fourth-order valence-electron chi connectivity index (χ4n) is 1.88. The molecule has 1 rings (SSSR count). The summed E-state index contributed by atoms with van der Waals surface area (Å²) in [6, 6.07) is 8.10. The van der Waals surface area contributed by atoms with Crippen LogP contribution in [-0.2, 0) is 11.3 Å². The van der Waals surface area contributed by atoms with E-state index in [0.29, 0.717) is 6.54 Å². The summed E-state index contributed by atoms with van der Waals surface area (Å²) in [5, 5.41) is 0. The lowest BCUT2D eigenvalue weighted by Gasteiger charge is -2.23. The number of carbonyl (C=O) groups excluding carboxylic acids is 1. The van der Waals surface area contributed by atoms with E-state index in [1.165, 1.54) is 5.56 Å². The highest BCUT2D eigenvalue weighted by Crippen LogP contribution is 2.17. The van der Waals surface area contributed by atoms with E-state index in [4.69, 9.17) is 0 Å². The maximum absolute atomic E-state index is 12.0. The molecular weight excluding hydrogens is 292 g/mol. The van der Waals surface area contributed by atoms with Gasteiger partial charge in [0.1, 0.15) is 0 Å². The second kappa shape index (κ2) is 7.54. The van der Waals surface area contributed by atoms with Gasteiger partial charge in [0, 0.05) is 24.1 Å². The van der Waals surface area contributed by atoms with Crippen molar-refractivity contribution >= 4 is 21.8 Å². The third-order valence-corrected chi connectivity index (χ3v) is 3.69. The number of halogens is 1. The van der Waals surface area contributed by atoms with Crippen molar-refractivity contribution in [3.63, 3.8) is 0 Å². The van der Waals surface area contributed by atoms with Gasteiger partial charge in [-0.05, 0) is 32.5 Å². The lowest BCUT2D eigenvalue weighted by atomic mass is 10.2. The Bertz CT molecular complexity index is 391. The molecule has 0 radical (unpaired) electrons. The summed E-state index contributed by atoms with van der Waals surface area (Å²) in [7, 11) is 1.97. The molecule has 0 atom stereocenters. The molecule has 1 amide bonds. The van der Waals surface area contributed by atoms with Crippen LogP contribution in [0.3, 0.4) is 0 Å². The van der Waals surface area contributed by atoms with Gasteiger partial charge in [0.2, 0.25) is 5.91 Å². The summed E-state index contributed by atoms with van der Waals surface area (Å²) in [6.45, 7) is 6.80. The van der Waals surface area contributed by atoms with Gasteiger partial charge in [-0.2, -0.15) is 0 Å². The lowest BCUT2D eigenvalue weighted by molar-refractivity contribution is -0.131. The van der Waals surface area contributed by atoms with E-state index in [1.54, 1.807) is 0 Å². The van der Waals surface area contributed by atoms with Gasteiger partial charge in [0.05, 0.1) is 6.54 Å². The molecule has 1 aromatic carbocycles. The zero-order chi connectivity index (χ0) is 13.5. The van der Waals surface area contributed by atoms with Gasteiger partial charge in [0.25, 0.3) is 0 Å². The number of rotatable bonds is 6. The maximum atomic E-state index is 12.0. The third-order valence-electron chi connectivity index (χ3n) is 2.92. The molecule has 0 unspecified atom stereocenters. The van der Waals surface area contributed by atoms with E-state index in [1.807, 2.05) is 48.9 Å². The maximum Gasteiger partial charge on any atom is 0.236 e. The zero-order valence-corrected chi connectivity index (χ0v) is 12.9. The highest BCUT2D eigenvalue weighted by atomic mass is 79.9. The second-order valence-electron chi connectivity index (χ2n) is 4.33. The fourth-order valence-corrected chi connectivity index (χ4v) is 2.29. The monoisotopic (exact) mass is 312 g/mol. The van der Waals surface area contributed by atoms with Crippen LogP contribution in [0.5, 0.6) is 0 Å². The van der Waals surface area contributed by atoms with Crippen LogP contribution in [0, 0.1) is 0 Å². The highest BCUT2D eigenvalue weighted by molar-refractivity contribution is 9.10. The van der Waals surface area contributed by atoms with Crippen LogP contribution in [0.1, 0.15) is 19.4 Å². The molecule has 0 aliphatic heterocycles. The first kappa shape index (κ1) is 15.2. The van der Waals surface area contributed by atoms with Gasteiger partial charge in [-0.25, -0.2) is 0 Å². The Kier molecular flexibility index (Phi) is 6.36. The minimum Gasteiger partial charge on any atom is -0.342 e. The molecule has 0 spiro atoms. The Balaban J connectivity index is 2.54. The molecule has 0 N–H and O–H groups in total. The summed E-state index contributed by atoms with van der Waals surface area (Å²) < 4.78 is 1.09. The molecule has 4 heteroatoms. The van der Waals surface area contributed by atoms with E-state index in [9.17, 15) is 4.79 Å². The van der Waals surface area contributed by atoms with Crippen molar-refractivity contribution in [2.45, 2.75) is 20.4 Å². The second-order valence-corrected chi connectivity index (χ2v) is 5.18. The van der Waals surface area contributed by atoms with Crippen LogP contribution in [-0.4, -0.2) is 42.4 Å². The van der Waals surface area contributed by atoms with Crippen molar-refractivity contribution in [2.24, 2.45) is 0 Å². The van der Waals surface area contributed by atoms with E-state index in [-0.39, 0.29) is 5.91 Å². The SMILES string of the molecule is CCN(CC)C(=O)CN(C)Cc1ccccc1Br. The molecule has 0 aliphatic carbocycles. The summed E-state index contributed by atoms with van der Waals surface area (Å²) in [6.07, 6.45) is 0. The molecule has 100 valence electrons. The van der Waals surface area contributed by atoms with E-state index in [0.717, 1.165) is 24.1 Å². The van der Waals surface area contributed by atoms with Crippen molar-refractivity contribution in [1.29, 1.82) is 0 Å². The van der Waals surface area contributed by atoms with Crippen LogP contribution in [0.2, 0.25) is 0 Å². The lowest BCUT2D eigenvalue weighted by Crippen LogP contribution is -2.38. The smallest absolute Gasteiger partial charge is 0.236 e.